The van der Waals surface area contributed by atoms with Gasteiger partial charge >= 0.3 is 5.97 Å². The van der Waals surface area contributed by atoms with Crippen LogP contribution in [0.5, 0.6) is 0 Å². The van der Waals surface area contributed by atoms with Crippen molar-refractivity contribution in [3.63, 3.8) is 0 Å². The number of rotatable bonds is 11. The molecule has 1 aliphatic heterocycles. The highest BCUT2D eigenvalue weighted by atomic mass is 32.2. The van der Waals surface area contributed by atoms with Crippen LogP contribution in [0, 0.1) is 6.92 Å². The highest BCUT2D eigenvalue weighted by Gasteiger charge is 2.34. The second kappa shape index (κ2) is 12.5. The van der Waals surface area contributed by atoms with Gasteiger partial charge in [-0.2, -0.15) is 0 Å². The van der Waals surface area contributed by atoms with Crippen molar-refractivity contribution < 1.29 is 31.5 Å². The Labute approximate surface area is 241 Å². The maximum absolute atomic E-state index is 13.3. The molecular formula is C30H34N2O7S2. The van der Waals surface area contributed by atoms with Gasteiger partial charge in [-0.15, -0.1) is 0 Å². The smallest absolute Gasteiger partial charge is 0.326 e. The molecule has 0 saturated carbocycles. The lowest BCUT2D eigenvalue weighted by atomic mass is 9.93. The molecule has 2 atom stereocenters. The molecule has 1 amide bonds. The van der Waals surface area contributed by atoms with Crippen molar-refractivity contribution in [2.24, 2.45) is 0 Å². The summed E-state index contributed by atoms with van der Waals surface area (Å²) in [5, 5.41) is 11.6. The van der Waals surface area contributed by atoms with Gasteiger partial charge in [0.1, 0.15) is 15.9 Å². The molecule has 1 saturated heterocycles. The van der Waals surface area contributed by atoms with Crippen LogP contribution in [0.15, 0.2) is 77.7 Å². The molecule has 9 nitrogen and oxygen atoms in total. The number of amides is 1. The molecule has 2 unspecified atom stereocenters. The summed E-state index contributed by atoms with van der Waals surface area (Å²) in [7, 11) is -6.86. The largest absolute Gasteiger partial charge is 0.480 e. The highest BCUT2D eigenvalue weighted by Crippen LogP contribution is 2.30. The van der Waals surface area contributed by atoms with Gasteiger partial charge in [0.15, 0.2) is 9.84 Å². The first-order valence-corrected chi connectivity index (χ1v) is 16.9. The van der Waals surface area contributed by atoms with Crippen LogP contribution in [-0.2, 0) is 31.0 Å². The van der Waals surface area contributed by atoms with E-state index in [1.165, 1.54) is 0 Å². The number of aliphatic carboxylic acids is 1. The summed E-state index contributed by atoms with van der Waals surface area (Å²) in [6.45, 7) is 3.39. The van der Waals surface area contributed by atoms with Crippen molar-refractivity contribution in [1.29, 1.82) is 0 Å². The zero-order valence-electron chi connectivity index (χ0n) is 23.0. The van der Waals surface area contributed by atoms with Crippen LogP contribution in [0.1, 0.15) is 34.3 Å². The third kappa shape index (κ3) is 7.60. The molecule has 0 aromatic heterocycles. The van der Waals surface area contributed by atoms with E-state index in [9.17, 15) is 31.5 Å². The molecule has 0 spiro atoms. The van der Waals surface area contributed by atoms with Gasteiger partial charge in [-0.1, -0.05) is 48.5 Å². The maximum atomic E-state index is 13.3. The Hall–Kier alpha value is -3.54. The van der Waals surface area contributed by atoms with Gasteiger partial charge < -0.3 is 10.4 Å². The first kappa shape index (κ1) is 30.4. The van der Waals surface area contributed by atoms with E-state index in [1.54, 1.807) is 42.5 Å². The standard InChI is InChI=1S/C30H34N2O7S2/c1-21-8-6-7-11-25(21)27-18-22(12-13-26(27)29(33)31-28(30(34)35)15-17-40(2,36)37)19-32-16-14-24(20-32)41(38,39)23-9-4-3-5-10-23/h3-13,18,24,28H,14-17,19-20H2,1-2H3,(H,31,33)(H,34,35). The van der Waals surface area contributed by atoms with Gasteiger partial charge in [-0.3, -0.25) is 9.69 Å². The zero-order valence-corrected chi connectivity index (χ0v) is 24.6. The number of hydrogen-bond acceptors (Lipinski definition) is 7. The molecule has 0 bridgehead atoms. The van der Waals surface area contributed by atoms with Gasteiger partial charge in [0.05, 0.1) is 15.9 Å². The fourth-order valence-electron chi connectivity index (χ4n) is 5.07. The fourth-order valence-corrected chi connectivity index (χ4v) is 7.47. The van der Waals surface area contributed by atoms with E-state index in [1.807, 2.05) is 37.3 Å². The Balaban J connectivity index is 1.58. The van der Waals surface area contributed by atoms with Crippen molar-refractivity contribution in [3.8, 4) is 11.1 Å². The van der Waals surface area contributed by atoms with Crippen LogP contribution in [0.4, 0.5) is 0 Å². The third-order valence-electron chi connectivity index (χ3n) is 7.29. The van der Waals surface area contributed by atoms with Crippen LogP contribution >= 0.6 is 0 Å². The number of nitrogens with one attached hydrogen (secondary N) is 1. The highest BCUT2D eigenvalue weighted by molar-refractivity contribution is 7.92. The first-order valence-electron chi connectivity index (χ1n) is 13.3. The fraction of sp³-hybridized carbons (Fsp3) is 0.333. The summed E-state index contributed by atoms with van der Waals surface area (Å²) in [4.78, 5) is 27.5. The average Bonchev–Trinajstić information content (AvgIpc) is 3.40. The number of likely N-dealkylation sites (tertiary alicyclic amines) is 1. The number of hydrogen-bond donors (Lipinski definition) is 2. The SMILES string of the molecule is Cc1ccccc1-c1cc(CN2CCC(S(=O)(=O)c3ccccc3)C2)ccc1C(=O)NC(CCS(C)(=O)=O)C(=O)O. The number of carboxylic acids is 1. The summed E-state index contributed by atoms with van der Waals surface area (Å²) < 4.78 is 49.4. The predicted octanol–water partition coefficient (Wildman–Crippen LogP) is 3.33. The summed E-state index contributed by atoms with van der Waals surface area (Å²) in [6.07, 6.45) is 1.29. The second-order valence-corrected chi connectivity index (χ2v) is 15.0. The Morgan fingerprint density at radius 2 is 1.66 bits per heavy atom. The van der Waals surface area contributed by atoms with Crippen molar-refractivity contribution >= 4 is 31.6 Å². The minimum absolute atomic E-state index is 0.250. The monoisotopic (exact) mass is 598 g/mol. The van der Waals surface area contributed by atoms with E-state index in [-0.39, 0.29) is 17.7 Å². The predicted molar refractivity (Wildman–Crippen MR) is 157 cm³/mol. The van der Waals surface area contributed by atoms with Gasteiger partial charge in [0.2, 0.25) is 0 Å². The first-order chi connectivity index (χ1) is 19.3. The Kier molecular flexibility index (Phi) is 9.31. The van der Waals surface area contributed by atoms with Crippen LogP contribution in [0.3, 0.4) is 0 Å². The number of carbonyl (C=O) groups excluding carboxylic acids is 1. The number of carbonyl (C=O) groups is 2. The molecule has 1 heterocycles. The second-order valence-electron chi connectivity index (χ2n) is 10.5. The van der Waals surface area contributed by atoms with E-state index in [4.69, 9.17) is 0 Å². The molecule has 41 heavy (non-hydrogen) atoms. The van der Waals surface area contributed by atoms with Crippen LogP contribution in [-0.4, -0.2) is 75.1 Å². The minimum Gasteiger partial charge on any atom is -0.480 e. The van der Waals surface area contributed by atoms with E-state index in [0.717, 1.165) is 22.9 Å². The van der Waals surface area contributed by atoms with Crippen molar-refractivity contribution in [3.05, 3.63) is 89.5 Å². The van der Waals surface area contributed by atoms with E-state index >= 15 is 0 Å². The van der Waals surface area contributed by atoms with Crippen molar-refractivity contribution in [1.82, 2.24) is 10.2 Å². The molecule has 3 aromatic rings. The lowest BCUT2D eigenvalue weighted by Gasteiger charge is -2.20. The average molecular weight is 599 g/mol. The molecular weight excluding hydrogens is 564 g/mol. The molecule has 0 aliphatic carbocycles. The molecule has 2 N–H and O–H groups in total. The van der Waals surface area contributed by atoms with E-state index in [2.05, 4.69) is 10.2 Å². The van der Waals surface area contributed by atoms with Crippen LogP contribution in [0.2, 0.25) is 0 Å². The molecule has 0 radical (unpaired) electrons. The molecule has 218 valence electrons. The van der Waals surface area contributed by atoms with Crippen LogP contribution in [0.25, 0.3) is 11.1 Å². The normalized spacial score (nSPS) is 16.8. The van der Waals surface area contributed by atoms with Gasteiger partial charge in [0.25, 0.3) is 5.91 Å². The third-order valence-corrected chi connectivity index (χ3v) is 10.5. The number of aryl methyl sites for hydroxylation is 1. The lowest BCUT2D eigenvalue weighted by molar-refractivity contribution is -0.139. The van der Waals surface area contributed by atoms with Crippen molar-refractivity contribution in [2.75, 3.05) is 25.1 Å². The Morgan fingerprint density at radius 3 is 2.32 bits per heavy atom. The maximum Gasteiger partial charge on any atom is 0.326 e. The Bertz CT molecular complexity index is 1640. The molecule has 4 rings (SSSR count). The molecule has 11 heteroatoms. The number of sulfone groups is 2. The molecule has 1 fully saturated rings. The van der Waals surface area contributed by atoms with E-state index < -0.39 is 42.8 Å². The zero-order chi connectivity index (χ0) is 29.8. The number of nitrogens with zero attached hydrogens (tertiary/aromatic N) is 1. The van der Waals surface area contributed by atoms with Gasteiger partial charge in [-0.05, 0) is 72.8 Å². The quantitative estimate of drug-likeness (QED) is 0.343. The summed E-state index contributed by atoms with van der Waals surface area (Å²) in [6, 6.07) is 19.9. The number of benzene rings is 3. The van der Waals surface area contributed by atoms with Gasteiger partial charge in [0, 0.05) is 24.9 Å². The van der Waals surface area contributed by atoms with Crippen LogP contribution < -0.4 is 5.32 Å². The van der Waals surface area contributed by atoms with Crippen molar-refractivity contribution in [2.45, 2.75) is 42.5 Å². The topological polar surface area (TPSA) is 138 Å². The summed E-state index contributed by atoms with van der Waals surface area (Å²) >= 11 is 0. The van der Waals surface area contributed by atoms with E-state index in [0.29, 0.717) is 36.5 Å². The summed E-state index contributed by atoms with van der Waals surface area (Å²) in [5.74, 6) is -2.30. The van der Waals surface area contributed by atoms with Gasteiger partial charge in [-0.25, -0.2) is 21.6 Å². The molecule has 1 aliphatic rings. The Morgan fingerprint density at radius 1 is 0.976 bits per heavy atom. The number of carboxylic acid groups (broad SMARTS) is 1. The lowest BCUT2D eigenvalue weighted by Crippen LogP contribution is -2.42. The summed E-state index contributed by atoms with van der Waals surface area (Å²) in [5.41, 5.74) is 3.47. The molecule has 3 aromatic carbocycles. The minimum atomic E-state index is -3.45.